The maximum atomic E-state index is 12.7. The van der Waals surface area contributed by atoms with Gasteiger partial charge in [-0.15, -0.1) is 0 Å². The average Bonchev–Trinajstić information content (AvgIpc) is 1.47. The highest BCUT2D eigenvalue weighted by Crippen LogP contribution is 2.42. The van der Waals surface area contributed by atoms with Gasteiger partial charge in [-0.1, -0.05) is 41.5 Å². The maximum absolute atomic E-state index is 12.7. The first-order valence-corrected chi connectivity index (χ1v) is 35.8. The molecule has 0 aromatic carbocycles. The van der Waals surface area contributed by atoms with Gasteiger partial charge in [0, 0.05) is 91.2 Å². The summed E-state index contributed by atoms with van der Waals surface area (Å²) in [5.41, 5.74) is 2.39. The number of halogens is 24. The Morgan fingerprint density at radius 1 is 0.244 bits per heavy atom. The van der Waals surface area contributed by atoms with Crippen molar-refractivity contribution in [1.82, 2.24) is 27.4 Å². The number of nitrogens with zero attached hydrogens (tertiary/aromatic N) is 12. The normalized spacial score (nSPS) is 12.0. The second kappa shape index (κ2) is 46.6. The third-order valence-electron chi connectivity index (χ3n) is 17.0. The molecule has 30 nitrogen and oxygen atoms in total. The lowest BCUT2D eigenvalue weighted by Crippen LogP contribution is -2.36. The number of rotatable bonds is 39. The molecule has 0 radical (unpaired) electrons. The molecule has 6 rings (SSSR count). The molecule has 0 amide bonds. The van der Waals surface area contributed by atoms with Crippen LogP contribution < -0.4 is 0 Å². The SMILES string of the molecule is CCc1ccn(CC(=O)CCC(F)(F)C(F)(F)F)c1[N+](=O)[O-].CCc1ccn(CC(=O)CCC(F)(F)C(F)(F)F)c1[N+](=O)[O-].CCc1ccn(CC(=O)CCC(F)(F)C(F)(F)F)c1[N+](=O)[O-].CCc1ccn(CC(=O)CCC(F)(F)F)c1[N+](=O)[O-].CCc1ccn(CC(=O)CCC(F)(F)F)c1[N+](=O)[O-].CCc1ccn(CC(=O)CCC(F)(F)F)c1[N+](=O)[O-]. The number of nitro groups is 6. The van der Waals surface area contributed by atoms with Gasteiger partial charge in [-0.05, 0) is 104 Å². The van der Waals surface area contributed by atoms with Crippen molar-refractivity contribution in [3.05, 3.63) is 168 Å². The molecule has 0 aliphatic rings. The van der Waals surface area contributed by atoms with Crippen molar-refractivity contribution in [2.75, 3.05) is 0 Å². The van der Waals surface area contributed by atoms with Crippen LogP contribution in [0.3, 0.4) is 0 Å². The zero-order valence-corrected chi connectivity index (χ0v) is 65.2. The highest BCUT2D eigenvalue weighted by Gasteiger charge is 2.59. The lowest BCUT2D eigenvalue weighted by molar-refractivity contribution is -0.392. The van der Waals surface area contributed by atoms with Crippen molar-refractivity contribution in [3.63, 3.8) is 0 Å². The standard InChI is InChI=1S/3C12H13F5N2O3.3C11H13F3N2O3/c3*1-2-8-4-6-18(10(8)19(21)22)7-9(20)3-5-11(13,14)12(15,16)17;3*1-2-8-4-6-15(10(8)16(18)19)7-9(17)3-5-11(12,13)14/h3*4,6H,2-3,5,7H2,1H3;3*4,6H,2-3,5,7H2,1H3. The Labute approximate surface area is 678 Å². The summed E-state index contributed by atoms with van der Waals surface area (Å²) in [6, 6.07) is 8.68. The van der Waals surface area contributed by atoms with Gasteiger partial charge in [-0.25, -0.2) is 27.4 Å². The average molecular weight is 1820 g/mol. The van der Waals surface area contributed by atoms with Crippen LogP contribution in [0, 0.1) is 60.7 Å². The Balaban J connectivity index is 0.000000739. The number of aryl methyl sites for hydroxylation is 6. The molecule has 6 aromatic heterocycles. The van der Waals surface area contributed by atoms with Crippen LogP contribution in [0.5, 0.6) is 0 Å². The lowest BCUT2D eigenvalue weighted by Gasteiger charge is -2.18. The molecule has 0 saturated carbocycles. The molecule has 0 saturated heterocycles. The number of aromatic nitrogens is 6. The fourth-order valence-electron chi connectivity index (χ4n) is 10.6. The van der Waals surface area contributed by atoms with Crippen molar-refractivity contribution in [2.24, 2.45) is 0 Å². The number of alkyl halides is 24. The van der Waals surface area contributed by atoms with E-state index in [0.717, 1.165) is 27.4 Å². The summed E-state index contributed by atoms with van der Waals surface area (Å²) in [4.78, 5) is 130. The molecule has 0 bridgehead atoms. The van der Waals surface area contributed by atoms with Crippen LogP contribution >= 0.6 is 0 Å². The summed E-state index contributed by atoms with van der Waals surface area (Å²) < 4.78 is 298. The van der Waals surface area contributed by atoms with Crippen LogP contribution in [-0.4, -0.2) is 146 Å². The summed E-state index contributed by atoms with van der Waals surface area (Å²) in [6.45, 7) is 7.02. The van der Waals surface area contributed by atoms with Gasteiger partial charge in [-0.2, -0.15) is 105 Å². The van der Waals surface area contributed by atoms with E-state index < -0.39 is 235 Å². The van der Waals surface area contributed by atoms with Crippen LogP contribution in [0.2, 0.25) is 0 Å². The summed E-state index contributed by atoms with van der Waals surface area (Å²) >= 11 is 0. The molecule has 6 heterocycles. The van der Waals surface area contributed by atoms with Gasteiger partial charge in [0.1, 0.15) is 39.3 Å². The van der Waals surface area contributed by atoms with E-state index in [1.165, 1.54) is 73.6 Å². The predicted octanol–water partition coefficient (Wildman–Crippen LogP) is 19.1. The third kappa shape index (κ3) is 36.2. The van der Waals surface area contributed by atoms with Gasteiger partial charge in [0.25, 0.3) is 0 Å². The number of carbonyl (C=O) groups excluding carboxylic acids is 6. The molecule has 54 heteroatoms. The largest absolute Gasteiger partial charge is 0.453 e. The van der Waals surface area contributed by atoms with Gasteiger partial charge in [0.15, 0.2) is 34.7 Å². The first kappa shape index (κ1) is 109. The van der Waals surface area contributed by atoms with E-state index in [4.69, 9.17) is 0 Å². The zero-order valence-electron chi connectivity index (χ0n) is 65.2. The smallest absolute Gasteiger partial charge is 0.358 e. The van der Waals surface area contributed by atoms with E-state index in [1.54, 1.807) is 41.5 Å². The van der Waals surface area contributed by atoms with Crippen molar-refractivity contribution >= 4 is 69.6 Å². The highest BCUT2D eigenvalue weighted by molar-refractivity contribution is 5.81. The van der Waals surface area contributed by atoms with Crippen molar-refractivity contribution in [2.45, 2.75) is 251 Å². The molecule has 6 aromatic rings. The van der Waals surface area contributed by atoms with Crippen LogP contribution in [0.1, 0.15) is 152 Å². The molecule has 0 aliphatic carbocycles. The summed E-state index contributed by atoms with van der Waals surface area (Å²) in [5, 5.41) is 65.3. The zero-order chi connectivity index (χ0) is 95.3. The molecule has 0 N–H and O–H groups in total. The number of carbonyl (C=O) groups is 6. The Morgan fingerprint density at radius 3 is 0.463 bits per heavy atom. The Bertz CT molecular complexity index is 4150. The first-order chi connectivity index (χ1) is 56.2. The minimum absolute atomic E-state index is 0.233. The molecule has 0 fully saturated rings. The van der Waals surface area contributed by atoms with Crippen LogP contribution in [0.25, 0.3) is 0 Å². The van der Waals surface area contributed by atoms with Crippen molar-refractivity contribution < 1.29 is 164 Å². The topological polar surface area (TPSA) is 391 Å². The second-order valence-corrected chi connectivity index (χ2v) is 26.1. The molecule has 0 spiro atoms. The predicted molar refractivity (Wildman–Crippen MR) is 379 cm³/mol. The van der Waals surface area contributed by atoms with E-state index in [1.807, 2.05) is 0 Å². The number of ketones is 6. The molecule has 690 valence electrons. The molecular formula is C69H78F24N12O18. The first-order valence-electron chi connectivity index (χ1n) is 35.8. The maximum Gasteiger partial charge on any atom is 0.453 e. The number of Topliss-reactive ketones (excluding diaryl/α,β-unsaturated/α-hetero) is 6. The fourth-order valence-corrected chi connectivity index (χ4v) is 10.6. The van der Waals surface area contributed by atoms with Crippen LogP contribution in [-0.2, 0) is 107 Å². The lowest BCUT2D eigenvalue weighted by atomic mass is 10.1. The van der Waals surface area contributed by atoms with E-state index in [2.05, 4.69) is 0 Å². The second-order valence-electron chi connectivity index (χ2n) is 26.1. The summed E-state index contributed by atoms with van der Waals surface area (Å²) in [5.74, 6) is -21.5. The third-order valence-corrected chi connectivity index (χ3v) is 17.0. The van der Waals surface area contributed by atoms with E-state index in [-0.39, 0.29) is 34.9 Å². The van der Waals surface area contributed by atoms with Crippen LogP contribution in [0.4, 0.5) is 140 Å². The van der Waals surface area contributed by atoms with Gasteiger partial charge < -0.3 is 60.7 Å². The minimum atomic E-state index is -5.72. The van der Waals surface area contributed by atoms with E-state index in [9.17, 15) is 195 Å². The Kier molecular flexibility index (Phi) is 41.5. The molecular weight excluding hydrogens is 1740 g/mol. The van der Waals surface area contributed by atoms with Crippen LogP contribution in [0.15, 0.2) is 73.6 Å². The van der Waals surface area contributed by atoms with Gasteiger partial charge in [0.2, 0.25) is 0 Å². The van der Waals surface area contributed by atoms with Gasteiger partial charge in [-0.3, -0.25) is 28.8 Å². The van der Waals surface area contributed by atoms with E-state index in [0.29, 0.717) is 71.9 Å². The summed E-state index contributed by atoms with van der Waals surface area (Å²) in [7, 11) is 0. The van der Waals surface area contributed by atoms with Gasteiger partial charge in [0.05, 0.1) is 56.4 Å². The highest BCUT2D eigenvalue weighted by atomic mass is 19.4. The number of hydrogen-bond acceptors (Lipinski definition) is 18. The summed E-state index contributed by atoms with van der Waals surface area (Å²) in [6.07, 6.45) is -34.1. The fraction of sp³-hybridized carbons (Fsp3) is 0.565. The molecule has 0 aliphatic heterocycles. The number of hydrogen-bond donors (Lipinski definition) is 0. The molecule has 123 heavy (non-hydrogen) atoms. The molecule has 0 atom stereocenters. The van der Waals surface area contributed by atoms with Gasteiger partial charge >= 0.3 is 89.7 Å². The molecule has 0 unspecified atom stereocenters. The van der Waals surface area contributed by atoms with Crippen molar-refractivity contribution in [3.8, 4) is 0 Å². The Morgan fingerprint density at radius 2 is 0.366 bits per heavy atom. The minimum Gasteiger partial charge on any atom is -0.358 e. The van der Waals surface area contributed by atoms with E-state index >= 15 is 0 Å². The monoisotopic (exact) mass is 1820 g/mol. The Hall–Kier alpha value is -11.6. The van der Waals surface area contributed by atoms with Crippen molar-refractivity contribution in [1.29, 1.82) is 0 Å². The quantitative estimate of drug-likeness (QED) is 0.0196.